The van der Waals surface area contributed by atoms with Gasteiger partial charge in [0.05, 0.1) is 33.5 Å². The smallest absolute Gasteiger partial charge is 0.125 e. The highest BCUT2D eigenvalue weighted by Crippen LogP contribution is 2.47. The second-order valence-corrected chi connectivity index (χ2v) is 8.25. The van der Waals surface area contributed by atoms with Crippen LogP contribution in [0, 0.1) is 0 Å². The number of ether oxygens (including phenoxy) is 2. The average Bonchev–Trinajstić information content (AvgIpc) is 3.26. The standard InChI is InChI=1S/C24H27NO5/c1-29-21-8-17-15(6-13(21)11-26)16-7-14(12-27)22(30-2)9-18(16)23-19(17)10-25-5-3-4-20(25)24(23)28/h6-9,20,24,26-28H,3-5,10-12H2,1-2H3/t20-,24+/m0/s1. The van der Waals surface area contributed by atoms with Gasteiger partial charge < -0.3 is 24.8 Å². The van der Waals surface area contributed by atoms with Crippen LogP contribution in [0.15, 0.2) is 24.3 Å². The zero-order chi connectivity index (χ0) is 21.0. The van der Waals surface area contributed by atoms with Crippen LogP contribution >= 0.6 is 0 Å². The highest BCUT2D eigenvalue weighted by Gasteiger charge is 2.39. The predicted molar refractivity (Wildman–Crippen MR) is 115 cm³/mol. The minimum absolute atomic E-state index is 0.125. The maximum absolute atomic E-state index is 11.4. The Hall–Kier alpha value is -2.38. The van der Waals surface area contributed by atoms with Crippen LogP contribution in [-0.2, 0) is 19.8 Å². The van der Waals surface area contributed by atoms with E-state index >= 15 is 0 Å². The van der Waals surface area contributed by atoms with E-state index in [-0.39, 0.29) is 19.3 Å². The number of rotatable bonds is 4. The molecule has 0 amide bonds. The van der Waals surface area contributed by atoms with E-state index < -0.39 is 6.10 Å². The molecule has 3 aromatic carbocycles. The molecule has 0 aromatic heterocycles. The molecule has 2 aliphatic rings. The molecule has 0 radical (unpaired) electrons. The number of aliphatic hydroxyl groups excluding tert-OH is 3. The number of benzene rings is 3. The molecule has 0 unspecified atom stereocenters. The molecule has 3 aromatic rings. The zero-order valence-electron chi connectivity index (χ0n) is 17.3. The van der Waals surface area contributed by atoms with Crippen molar-refractivity contribution in [2.24, 2.45) is 0 Å². The minimum Gasteiger partial charge on any atom is -0.496 e. The summed E-state index contributed by atoms with van der Waals surface area (Å²) in [4.78, 5) is 2.37. The zero-order valence-corrected chi connectivity index (χ0v) is 17.3. The first-order valence-corrected chi connectivity index (χ1v) is 10.4. The van der Waals surface area contributed by atoms with Crippen molar-refractivity contribution >= 4 is 21.5 Å². The molecule has 3 N–H and O–H groups in total. The maximum Gasteiger partial charge on any atom is 0.125 e. The van der Waals surface area contributed by atoms with Crippen molar-refractivity contribution in [1.29, 1.82) is 0 Å². The number of aliphatic hydroxyl groups is 3. The average molecular weight is 409 g/mol. The van der Waals surface area contributed by atoms with Crippen LogP contribution in [-0.4, -0.2) is 47.0 Å². The van der Waals surface area contributed by atoms with Crippen molar-refractivity contribution in [3.05, 3.63) is 46.5 Å². The molecule has 0 bridgehead atoms. The van der Waals surface area contributed by atoms with Crippen LogP contribution in [0.4, 0.5) is 0 Å². The normalized spacial score (nSPS) is 21.1. The van der Waals surface area contributed by atoms with E-state index in [4.69, 9.17) is 9.47 Å². The number of hydrogen-bond acceptors (Lipinski definition) is 6. The summed E-state index contributed by atoms with van der Waals surface area (Å²) < 4.78 is 11.1. The number of fused-ring (bicyclic) bond motifs is 7. The molecule has 1 fully saturated rings. The van der Waals surface area contributed by atoms with Gasteiger partial charge in [0, 0.05) is 23.7 Å². The van der Waals surface area contributed by atoms with Crippen LogP contribution in [0.1, 0.15) is 41.2 Å². The lowest BCUT2D eigenvalue weighted by molar-refractivity contribution is 0.0552. The fourth-order valence-electron chi connectivity index (χ4n) is 5.41. The SMILES string of the molecule is COc1cc2c3c(c4cc(OC)c(CO)cc4c2cc1CO)[C@H](O)[C@@H]1CCCN1C3. The van der Waals surface area contributed by atoms with E-state index in [9.17, 15) is 15.3 Å². The molecular formula is C24H27NO5. The first-order valence-electron chi connectivity index (χ1n) is 10.4. The summed E-state index contributed by atoms with van der Waals surface area (Å²) in [5, 5.41) is 35.1. The third-order valence-corrected chi connectivity index (χ3v) is 6.85. The molecule has 2 atom stereocenters. The summed E-state index contributed by atoms with van der Waals surface area (Å²) in [6.45, 7) is 1.49. The molecule has 1 saturated heterocycles. The van der Waals surface area contributed by atoms with E-state index in [1.165, 1.54) is 0 Å². The van der Waals surface area contributed by atoms with Crippen molar-refractivity contribution in [3.63, 3.8) is 0 Å². The Kier molecular flexibility index (Phi) is 4.82. The van der Waals surface area contributed by atoms with Crippen molar-refractivity contribution in [3.8, 4) is 11.5 Å². The topological polar surface area (TPSA) is 82.4 Å². The van der Waals surface area contributed by atoms with Crippen molar-refractivity contribution in [2.45, 2.75) is 44.7 Å². The van der Waals surface area contributed by atoms with E-state index in [2.05, 4.69) is 4.90 Å². The van der Waals surface area contributed by atoms with Gasteiger partial charge in [-0.15, -0.1) is 0 Å². The maximum atomic E-state index is 11.4. The Morgan fingerprint density at radius 2 is 1.50 bits per heavy atom. The Morgan fingerprint density at radius 1 is 0.900 bits per heavy atom. The van der Waals surface area contributed by atoms with E-state index in [1.807, 2.05) is 24.3 Å². The summed E-state index contributed by atoms with van der Waals surface area (Å²) in [5.41, 5.74) is 3.45. The van der Waals surface area contributed by atoms with E-state index in [0.29, 0.717) is 22.6 Å². The molecule has 0 aliphatic carbocycles. The van der Waals surface area contributed by atoms with Gasteiger partial charge in [-0.25, -0.2) is 0 Å². The van der Waals surface area contributed by atoms with Gasteiger partial charge in [-0.05, 0) is 76.3 Å². The van der Waals surface area contributed by atoms with E-state index in [0.717, 1.165) is 58.6 Å². The monoisotopic (exact) mass is 409 g/mol. The van der Waals surface area contributed by atoms with Gasteiger partial charge >= 0.3 is 0 Å². The lowest BCUT2D eigenvalue weighted by atomic mass is 9.82. The van der Waals surface area contributed by atoms with Crippen LogP contribution in [0.25, 0.3) is 21.5 Å². The summed E-state index contributed by atoms with van der Waals surface area (Å²) in [5.74, 6) is 1.25. The number of methoxy groups -OCH3 is 2. The second kappa shape index (κ2) is 7.39. The first-order chi connectivity index (χ1) is 14.6. The first kappa shape index (κ1) is 19.6. The molecule has 2 heterocycles. The summed E-state index contributed by atoms with van der Waals surface area (Å²) in [6.07, 6.45) is 1.48. The molecule has 30 heavy (non-hydrogen) atoms. The molecule has 158 valence electrons. The van der Waals surface area contributed by atoms with Gasteiger partial charge in [0.2, 0.25) is 0 Å². The fraction of sp³-hybridized carbons (Fsp3) is 0.417. The van der Waals surface area contributed by atoms with Gasteiger partial charge in [-0.3, -0.25) is 4.90 Å². The van der Waals surface area contributed by atoms with Crippen LogP contribution in [0.2, 0.25) is 0 Å². The lowest BCUT2D eigenvalue weighted by Gasteiger charge is -2.37. The van der Waals surface area contributed by atoms with Gasteiger partial charge in [-0.1, -0.05) is 0 Å². The minimum atomic E-state index is -0.587. The molecule has 5 rings (SSSR count). The third kappa shape index (κ3) is 2.72. The Bertz CT molecular complexity index is 1140. The van der Waals surface area contributed by atoms with Crippen molar-refractivity contribution < 1.29 is 24.8 Å². The van der Waals surface area contributed by atoms with Crippen molar-refractivity contribution in [1.82, 2.24) is 4.90 Å². The number of hydrogen-bond donors (Lipinski definition) is 3. The van der Waals surface area contributed by atoms with Gasteiger partial charge in [0.1, 0.15) is 11.5 Å². The Morgan fingerprint density at radius 3 is 2.10 bits per heavy atom. The lowest BCUT2D eigenvalue weighted by Crippen LogP contribution is -2.39. The molecule has 2 aliphatic heterocycles. The number of nitrogens with zero attached hydrogens (tertiary/aromatic N) is 1. The molecule has 0 saturated carbocycles. The van der Waals surface area contributed by atoms with E-state index in [1.54, 1.807) is 14.2 Å². The van der Waals surface area contributed by atoms with Gasteiger partial charge in [0.15, 0.2) is 0 Å². The van der Waals surface area contributed by atoms with Crippen LogP contribution in [0.5, 0.6) is 11.5 Å². The summed E-state index contributed by atoms with van der Waals surface area (Å²) in [6, 6.07) is 7.95. The van der Waals surface area contributed by atoms with Crippen LogP contribution < -0.4 is 9.47 Å². The van der Waals surface area contributed by atoms with Gasteiger partial charge in [0.25, 0.3) is 0 Å². The fourth-order valence-corrected chi connectivity index (χ4v) is 5.41. The highest BCUT2D eigenvalue weighted by molar-refractivity contribution is 6.12. The third-order valence-electron chi connectivity index (χ3n) is 6.85. The molecule has 6 nitrogen and oxygen atoms in total. The quantitative estimate of drug-likeness (QED) is 0.575. The van der Waals surface area contributed by atoms with Gasteiger partial charge in [-0.2, -0.15) is 0 Å². The largest absolute Gasteiger partial charge is 0.496 e. The van der Waals surface area contributed by atoms with Crippen molar-refractivity contribution in [2.75, 3.05) is 20.8 Å². The summed E-state index contributed by atoms with van der Waals surface area (Å²) >= 11 is 0. The molecule has 6 heteroatoms. The Labute approximate surface area is 175 Å². The predicted octanol–water partition coefficient (Wildman–Crippen LogP) is 3.01. The molecular weight excluding hydrogens is 382 g/mol. The second-order valence-electron chi connectivity index (χ2n) is 8.25. The van der Waals surface area contributed by atoms with Crippen LogP contribution in [0.3, 0.4) is 0 Å². The Balaban J connectivity index is 1.94. The molecule has 0 spiro atoms. The summed E-state index contributed by atoms with van der Waals surface area (Å²) in [7, 11) is 3.20. The highest BCUT2D eigenvalue weighted by atomic mass is 16.5.